The van der Waals surface area contributed by atoms with Crippen LogP contribution in [0.15, 0.2) is 65.7 Å². The van der Waals surface area contributed by atoms with Crippen molar-refractivity contribution in [2.75, 3.05) is 7.11 Å². The minimum absolute atomic E-state index is 0.0982. The summed E-state index contributed by atoms with van der Waals surface area (Å²) in [5.41, 5.74) is 0.633. The largest absolute Gasteiger partial charge is 0.504 e. The van der Waals surface area contributed by atoms with Crippen LogP contribution in [0.5, 0.6) is 5.75 Å². The van der Waals surface area contributed by atoms with E-state index in [9.17, 15) is 19.1 Å². The summed E-state index contributed by atoms with van der Waals surface area (Å²) in [5, 5.41) is 11.2. The first kappa shape index (κ1) is 19.3. The third-order valence-electron chi connectivity index (χ3n) is 4.65. The van der Waals surface area contributed by atoms with Crippen molar-refractivity contribution in [2.45, 2.75) is 6.54 Å². The topological polar surface area (TPSA) is 94.3 Å². The van der Waals surface area contributed by atoms with E-state index in [1.165, 1.54) is 29.0 Å². The molecule has 0 atom stereocenters. The molecule has 0 unspecified atom stereocenters. The maximum absolute atomic E-state index is 13.8. The Morgan fingerprint density at radius 3 is 2.63 bits per heavy atom. The summed E-state index contributed by atoms with van der Waals surface area (Å²) in [7, 11) is 1.15. The molecule has 3 aromatic heterocycles. The first-order valence-electron chi connectivity index (χ1n) is 8.99. The molecule has 0 fully saturated rings. The number of carbonyl (C=O) groups excluding carboxylic acids is 1. The molecule has 4 rings (SSSR count). The van der Waals surface area contributed by atoms with Crippen LogP contribution in [0.25, 0.3) is 22.2 Å². The zero-order valence-corrected chi connectivity index (χ0v) is 15.9. The van der Waals surface area contributed by atoms with Crippen molar-refractivity contribution in [3.8, 4) is 17.0 Å². The standard InChI is InChI=1S/C22H16FN3O4/c1-30-22(29)19-21(28)20-16(18(25-19)14-9-15(23)11-24-10-14)7-8-17(27)26(20)12-13-5-3-2-4-6-13/h2-11,28H,12H2,1H3. The number of aromatic nitrogens is 3. The summed E-state index contributed by atoms with van der Waals surface area (Å²) in [5.74, 6) is -1.96. The normalized spacial score (nSPS) is 10.9. The minimum Gasteiger partial charge on any atom is -0.504 e. The molecular formula is C22H16FN3O4. The number of ether oxygens (including phenoxy) is 1. The van der Waals surface area contributed by atoms with Gasteiger partial charge in [-0.3, -0.25) is 9.78 Å². The van der Waals surface area contributed by atoms with E-state index in [1.807, 2.05) is 30.3 Å². The number of pyridine rings is 3. The quantitative estimate of drug-likeness (QED) is 0.524. The molecule has 0 saturated carbocycles. The molecule has 0 bridgehead atoms. The number of methoxy groups -OCH3 is 1. The van der Waals surface area contributed by atoms with Gasteiger partial charge in [0.15, 0.2) is 11.4 Å². The number of rotatable bonds is 4. The molecule has 1 aromatic carbocycles. The molecule has 30 heavy (non-hydrogen) atoms. The number of benzene rings is 1. The van der Waals surface area contributed by atoms with Gasteiger partial charge in [-0.25, -0.2) is 14.2 Å². The fraction of sp³-hybridized carbons (Fsp3) is 0.0909. The smallest absolute Gasteiger partial charge is 0.360 e. The van der Waals surface area contributed by atoms with Gasteiger partial charge < -0.3 is 14.4 Å². The molecule has 0 radical (unpaired) electrons. The average Bonchev–Trinajstić information content (AvgIpc) is 2.76. The van der Waals surface area contributed by atoms with Gasteiger partial charge in [-0.2, -0.15) is 0 Å². The fourth-order valence-corrected chi connectivity index (χ4v) is 3.29. The van der Waals surface area contributed by atoms with Gasteiger partial charge in [-0.15, -0.1) is 0 Å². The van der Waals surface area contributed by atoms with Crippen LogP contribution in [-0.2, 0) is 11.3 Å². The average molecular weight is 405 g/mol. The zero-order chi connectivity index (χ0) is 21.3. The Bertz CT molecular complexity index is 1320. The predicted octanol–water partition coefficient (Wildman–Crippen LogP) is 3.14. The second-order valence-corrected chi connectivity index (χ2v) is 6.55. The monoisotopic (exact) mass is 405 g/mol. The highest BCUT2D eigenvalue weighted by molar-refractivity contribution is 6.03. The minimum atomic E-state index is -0.887. The van der Waals surface area contributed by atoms with Gasteiger partial charge in [0.2, 0.25) is 0 Å². The summed E-state index contributed by atoms with van der Waals surface area (Å²) in [6.07, 6.45) is 2.42. The molecule has 8 heteroatoms. The SMILES string of the molecule is COC(=O)c1nc(-c2cncc(F)c2)c2ccc(=O)n(Cc3ccccc3)c2c1O. The van der Waals surface area contributed by atoms with Gasteiger partial charge in [-0.1, -0.05) is 30.3 Å². The van der Waals surface area contributed by atoms with Crippen LogP contribution in [0.4, 0.5) is 4.39 Å². The first-order chi connectivity index (χ1) is 14.5. The van der Waals surface area contributed by atoms with Gasteiger partial charge in [0.25, 0.3) is 5.56 Å². The maximum atomic E-state index is 13.8. The molecule has 7 nitrogen and oxygen atoms in total. The molecular weight excluding hydrogens is 389 g/mol. The molecule has 3 heterocycles. The van der Waals surface area contributed by atoms with Crippen LogP contribution < -0.4 is 5.56 Å². The van der Waals surface area contributed by atoms with Crippen molar-refractivity contribution in [3.05, 3.63) is 88.4 Å². The van der Waals surface area contributed by atoms with Crippen LogP contribution >= 0.6 is 0 Å². The summed E-state index contributed by atoms with van der Waals surface area (Å²) in [6.45, 7) is 0.149. The number of nitrogens with zero attached hydrogens (tertiary/aromatic N) is 3. The van der Waals surface area contributed by atoms with Gasteiger partial charge in [-0.05, 0) is 17.7 Å². The third-order valence-corrected chi connectivity index (χ3v) is 4.65. The number of halogens is 1. The van der Waals surface area contributed by atoms with Crippen molar-refractivity contribution in [3.63, 3.8) is 0 Å². The van der Waals surface area contributed by atoms with Crippen molar-refractivity contribution in [1.29, 1.82) is 0 Å². The number of fused-ring (bicyclic) bond motifs is 1. The lowest BCUT2D eigenvalue weighted by Crippen LogP contribution is -2.21. The van der Waals surface area contributed by atoms with Crippen molar-refractivity contribution in [2.24, 2.45) is 0 Å². The highest BCUT2D eigenvalue weighted by Gasteiger charge is 2.23. The Kier molecular flexibility index (Phi) is 4.97. The van der Waals surface area contributed by atoms with E-state index in [-0.39, 0.29) is 34.6 Å². The molecule has 0 aliphatic rings. The van der Waals surface area contributed by atoms with Crippen LogP contribution in [0.3, 0.4) is 0 Å². The van der Waals surface area contributed by atoms with Crippen LogP contribution in [0.2, 0.25) is 0 Å². The van der Waals surface area contributed by atoms with Crippen molar-refractivity contribution >= 4 is 16.9 Å². The highest BCUT2D eigenvalue weighted by atomic mass is 19.1. The molecule has 0 spiro atoms. The van der Waals surface area contributed by atoms with E-state index < -0.39 is 17.5 Å². The lowest BCUT2D eigenvalue weighted by atomic mass is 10.1. The zero-order valence-electron chi connectivity index (χ0n) is 15.9. The Morgan fingerprint density at radius 2 is 1.93 bits per heavy atom. The molecule has 1 N–H and O–H groups in total. The summed E-state index contributed by atoms with van der Waals surface area (Å²) >= 11 is 0. The third kappa shape index (κ3) is 3.39. The fourth-order valence-electron chi connectivity index (χ4n) is 3.29. The highest BCUT2D eigenvalue weighted by Crippen LogP contribution is 2.34. The first-order valence-corrected chi connectivity index (χ1v) is 8.99. The lowest BCUT2D eigenvalue weighted by Gasteiger charge is -2.16. The van der Waals surface area contributed by atoms with E-state index in [1.54, 1.807) is 0 Å². The van der Waals surface area contributed by atoms with Gasteiger partial charge in [0.1, 0.15) is 5.82 Å². The van der Waals surface area contributed by atoms with E-state index in [0.29, 0.717) is 5.39 Å². The summed E-state index contributed by atoms with van der Waals surface area (Å²) in [4.78, 5) is 33.0. The Morgan fingerprint density at radius 1 is 1.17 bits per heavy atom. The maximum Gasteiger partial charge on any atom is 0.360 e. The summed E-state index contributed by atoms with van der Waals surface area (Å²) in [6, 6.07) is 13.2. The number of aromatic hydroxyl groups is 1. The van der Waals surface area contributed by atoms with E-state index in [4.69, 9.17) is 4.74 Å². The molecule has 0 amide bonds. The molecule has 150 valence electrons. The molecule has 4 aromatic rings. The predicted molar refractivity (Wildman–Crippen MR) is 108 cm³/mol. The lowest BCUT2D eigenvalue weighted by molar-refractivity contribution is 0.0591. The van der Waals surface area contributed by atoms with Gasteiger partial charge in [0.05, 0.1) is 31.1 Å². The van der Waals surface area contributed by atoms with Crippen LogP contribution in [0.1, 0.15) is 16.1 Å². The molecule has 0 aliphatic heterocycles. The number of hydrogen-bond donors (Lipinski definition) is 1. The van der Waals surface area contributed by atoms with E-state index in [0.717, 1.165) is 18.9 Å². The van der Waals surface area contributed by atoms with Crippen LogP contribution in [0, 0.1) is 5.82 Å². The van der Waals surface area contributed by atoms with Crippen molar-refractivity contribution in [1.82, 2.24) is 14.5 Å². The molecule has 0 saturated heterocycles. The van der Waals surface area contributed by atoms with Crippen molar-refractivity contribution < 1.29 is 19.0 Å². The summed E-state index contributed by atoms with van der Waals surface area (Å²) < 4.78 is 19.9. The Labute approximate surface area is 170 Å². The Balaban J connectivity index is 2.08. The van der Waals surface area contributed by atoms with Crippen LogP contribution in [-0.4, -0.2) is 32.7 Å². The number of hydrogen-bond acceptors (Lipinski definition) is 6. The number of carbonyl (C=O) groups is 1. The number of esters is 1. The van der Waals surface area contributed by atoms with Gasteiger partial charge >= 0.3 is 5.97 Å². The Hall–Kier alpha value is -4.07. The second kappa shape index (κ2) is 7.75. The second-order valence-electron chi connectivity index (χ2n) is 6.55. The van der Waals surface area contributed by atoms with E-state index in [2.05, 4.69) is 9.97 Å². The van der Waals surface area contributed by atoms with E-state index >= 15 is 0 Å². The van der Waals surface area contributed by atoms with Gasteiger partial charge in [0, 0.05) is 23.2 Å². The molecule has 0 aliphatic carbocycles.